The number of ether oxygens (including phenoxy) is 1. The summed E-state index contributed by atoms with van der Waals surface area (Å²) in [7, 11) is 0. The first-order chi connectivity index (χ1) is 12.0. The van der Waals surface area contributed by atoms with E-state index in [4.69, 9.17) is 4.74 Å². The molecule has 2 aliphatic heterocycles. The molecule has 2 atom stereocenters. The smallest absolute Gasteiger partial charge is 0.410 e. The zero-order valence-corrected chi connectivity index (χ0v) is 15.9. The van der Waals surface area contributed by atoms with E-state index in [-0.39, 0.29) is 24.5 Å². The van der Waals surface area contributed by atoms with E-state index in [1.165, 1.54) is 0 Å². The quantitative estimate of drug-likeness (QED) is 0.767. The van der Waals surface area contributed by atoms with Gasteiger partial charge >= 0.3 is 6.09 Å². The van der Waals surface area contributed by atoms with Crippen LogP contribution in [-0.2, 0) is 22.6 Å². The van der Waals surface area contributed by atoms with Gasteiger partial charge in [-0.1, -0.05) is 0 Å². The number of nitriles is 1. The summed E-state index contributed by atoms with van der Waals surface area (Å²) in [6.07, 6.45) is 1.47. The van der Waals surface area contributed by atoms with E-state index in [0.717, 1.165) is 5.69 Å². The second-order valence-corrected chi connectivity index (χ2v) is 8.45. The van der Waals surface area contributed by atoms with Gasteiger partial charge in [0.25, 0.3) is 0 Å². The standard InChI is InChI=1S/C18H25N5O3/c1-12-8-23-14(9-21(12)16(25)26-17(2,3)4)13(7-20-23)22-11-18(5,10-19)6-15(22)24/h7,12H,6,8-9,11H2,1-5H3/t12-,18?/m0/s1. The molecule has 26 heavy (non-hydrogen) atoms. The number of amides is 2. The van der Waals surface area contributed by atoms with Gasteiger partial charge in [0.05, 0.1) is 48.2 Å². The number of carbonyl (C=O) groups is 2. The maximum Gasteiger partial charge on any atom is 0.410 e. The lowest BCUT2D eigenvalue weighted by molar-refractivity contribution is -0.117. The fraction of sp³-hybridized carbons (Fsp3) is 0.667. The molecule has 0 saturated carbocycles. The molecule has 140 valence electrons. The predicted molar refractivity (Wildman–Crippen MR) is 94.2 cm³/mol. The molecule has 0 bridgehead atoms. The van der Waals surface area contributed by atoms with Crippen molar-refractivity contribution in [3.8, 4) is 6.07 Å². The number of anilines is 1. The summed E-state index contributed by atoms with van der Waals surface area (Å²) in [5.74, 6) is -0.0905. The lowest BCUT2D eigenvalue weighted by atomic mass is 9.92. The fourth-order valence-electron chi connectivity index (χ4n) is 3.39. The van der Waals surface area contributed by atoms with Crippen molar-refractivity contribution in [2.45, 2.75) is 65.8 Å². The van der Waals surface area contributed by atoms with Gasteiger partial charge in [0.2, 0.25) is 5.91 Å². The number of nitrogens with zero attached hydrogens (tertiary/aromatic N) is 5. The Morgan fingerprint density at radius 2 is 2.15 bits per heavy atom. The lowest BCUT2D eigenvalue weighted by Crippen LogP contribution is -2.47. The lowest BCUT2D eigenvalue weighted by Gasteiger charge is -2.36. The first-order valence-electron chi connectivity index (χ1n) is 8.79. The Bertz CT molecular complexity index is 788. The van der Waals surface area contributed by atoms with Crippen LogP contribution < -0.4 is 4.90 Å². The third-order valence-electron chi connectivity index (χ3n) is 4.75. The second kappa shape index (κ2) is 6.01. The van der Waals surface area contributed by atoms with Crippen LogP contribution in [0.15, 0.2) is 6.20 Å². The molecule has 1 aromatic heterocycles. The highest BCUT2D eigenvalue weighted by Crippen LogP contribution is 2.36. The first-order valence-corrected chi connectivity index (χ1v) is 8.79. The molecule has 0 radical (unpaired) electrons. The minimum Gasteiger partial charge on any atom is -0.444 e. The molecule has 0 aromatic carbocycles. The number of hydrogen-bond acceptors (Lipinski definition) is 5. The maximum absolute atomic E-state index is 12.6. The van der Waals surface area contributed by atoms with Gasteiger partial charge in [-0.15, -0.1) is 0 Å². The number of hydrogen-bond donors (Lipinski definition) is 0. The van der Waals surface area contributed by atoms with E-state index in [2.05, 4.69) is 11.2 Å². The van der Waals surface area contributed by atoms with Crippen molar-refractivity contribution in [3.63, 3.8) is 0 Å². The van der Waals surface area contributed by atoms with Crippen LogP contribution in [0.25, 0.3) is 0 Å². The van der Waals surface area contributed by atoms with Gasteiger partial charge in [0.1, 0.15) is 5.60 Å². The van der Waals surface area contributed by atoms with Crippen molar-refractivity contribution in [2.24, 2.45) is 5.41 Å². The molecule has 0 spiro atoms. The van der Waals surface area contributed by atoms with E-state index in [0.29, 0.717) is 25.3 Å². The van der Waals surface area contributed by atoms with Crippen molar-refractivity contribution in [1.29, 1.82) is 5.26 Å². The maximum atomic E-state index is 12.6. The molecule has 3 heterocycles. The molecule has 2 amide bonds. The zero-order chi connectivity index (χ0) is 19.3. The molecule has 8 heteroatoms. The van der Waals surface area contributed by atoms with Crippen molar-refractivity contribution >= 4 is 17.7 Å². The van der Waals surface area contributed by atoms with E-state index < -0.39 is 11.0 Å². The number of rotatable bonds is 1. The van der Waals surface area contributed by atoms with E-state index in [1.54, 1.807) is 22.9 Å². The minimum atomic E-state index is -0.696. The molecule has 3 rings (SSSR count). The number of fused-ring (bicyclic) bond motifs is 1. The Morgan fingerprint density at radius 3 is 2.73 bits per heavy atom. The second-order valence-electron chi connectivity index (χ2n) is 8.45. The normalized spacial score (nSPS) is 25.8. The van der Waals surface area contributed by atoms with E-state index in [9.17, 15) is 14.9 Å². The Hall–Kier alpha value is -2.56. The molecular weight excluding hydrogens is 334 g/mol. The highest BCUT2D eigenvalue weighted by Gasteiger charge is 2.43. The van der Waals surface area contributed by atoms with Crippen molar-refractivity contribution in [1.82, 2.24) is 14.7 Å². The number of carbonyl (C=O) groups excluding carboxylic acids is 2. The molecule has 1 aromatic rings. The Morgan fingerprint density at radius 1 is 1.46 bits per heavy atom. The van der Waals surface area contributed by atoms with Crippen LogP contribution in [0.2, 0.25) is 0 Å². The molecule has 1 fully saturated rings. The molecule has 1 saturated heterocycles. The fourth-order valence-corrected chi connectivity index (χ4v) is 3.39. The molecule has 2 aliphatic rings. The van der Waals surface area contributed by atoms with Gasteiger partial charge < -0.3 is 9.64 Å². The third kappa shape index (κ3) is 3.26. The summed E-state index contributed by atoms with van der Waals surface area (Å²) in [4.78, 5) is 28.3. The summed E-state index contributed by atoms with van der Waals surface area (Å²) >= 11 is 0. The molecule has 8 nitrogen and oxygen atoms in total. The Balaban J connectivity index is 1.87. The minimum absolute atomic E-state index is 0.0660. The summed E-state index contributed by atoms with van der Waals surface area (Å²) in [5, 5.41) is 13.7. The molecule has 1 unspecified atom stereocenters. The third-order valence-corrected chi connectivity index (χ3v) is 4.75. The predicted octanol–water partition coefficient (Wildman–Crippen LogP) is 2.29. The first kappa shape index (κ1) is 18.2. The van der Waals surface area contributed by atoms with Gasteiger partial charge in [0.15, 0.2) is 0 Å². The summed E-state index contributed by atoms with van der Waals surface area (Å²) < 4.78 is 7.34. The highest BCUT2D eigenvalue weighted by atomic mass is 16.6. The zero-order valence-electron chi connectivity index (χ0n) is 15.9. The van der Waals surface area contributed by atoms with E-state index >= 15 is 0 Å². The largest absolute Gasteiger partial charge is 0.444 e. The highest BCUT2D eigenvalue weighted by molar-refractivity contribution is 5.97. The summed E-state index contributed by atoms with van der Waals surface area (Å²) in [5.41, 5.74) is 0.203. The van der Waals surface area contributed by atoms with Crippen molar-refractivity contribution < 1.29 is 14.3 Å². The monoisotopic (exact) mass is 359 g/mol. The van der Waals surface area contributed by atoms with Crippen molar-refractivity contribution in [2.75, 3.05) is 11.4 Å². The van der Waals surface area contributed by atoms with Crippen LogP contribution in [0.4, 0.5) is 10.5 Å². The van der Waals surface area contributed by atoms with Gasteiger partial charge in [-0.25, -0.2) is 4.79 Å². The van der Waals surface area contributed by atoms with Gasteiger partial charge in [0, 0.05) is 13.0 Å². The van der Waals surface area contributed by atoms with Crippen LogP contribution >= 0.6 is 0 Å². The summed E-state index contributed by atoms with van der Waals surface area (Å²) in [6, 6.07) is 2.16. The van der Waals surface area contributed by atoms with Crippen LogP contribution in [0.1, 0.15) is 46.7 Å². The van der Waals surface area contributed by atoms with E-state index in [1.807, 2.05) is 32.4 Å². The SMILES string of the molecule is C[C@H]1Cn2ncc(N3CC(C)(C#N)CC3=O)c2CN1C(=O)OC(C)(C)C. The van der Waals surface area contributed by atoms with Crippen LogP contribution in [0.3, 0.4) is 0 Å². The van der Waals surface area contributed by atoms with Crippen LogP contribution in [-0.4, -0.2) is 44.9 Å². The summed E-state index contributed by atoms with van der Waals surface area (Å²) in [6.45, 7) is 10.4. The molecular formula is C18H25N5O3. The van der Waals surface area contributed by atoms with Crippen LogP contribution in [0.5, 0.6) is 0 Å². The average molecular weight is 359 g/mol. The topological polar surface area (TPSA) is 91.5 Å². The number of aromatic nitrogens is 2. The Labute approximate surface area is 153 Å². The molecule has 0 N–H and O–H groups in total. The van der Waals surface area contributed by atoms with Gasteiger partial charge in [-0.2, -0.15) is 10.4 Å². The van der Waals surface area contributed by atoms with Crippen LogP contribution in [0, 0.1) is 16.7 Å². The van der Waals surface area contributed by atoms with Gasteiger partial charge in [-0.3, -0.25) is 14.4 Å². The Kier molecular flexibility index (Phi) is 4.21. The van der Waals surface area contributed by atoms with Crippen molar-refractivity contribution in [3.05, 3.63) is 11.9 Å². The van der Waals surface area contributed by atoms with Gasteiger partial charge in [-0.05, 0) is 34.6 Å². The molecule has 0 aliphatic carbocycles. The average Bonchev–Trinajstić information content (AvgIpc) is 3.05.